The average molecular weight is 487 g/mol. The summed E-state index contributed by atoms with van der Waals surface area (Å²) in [5, 5.41) is 9.50. The minimum atomic E-state index is -0.319. The van der Waals surface area contributed by atoms with Crippen LogP contribution >= 0.6 is 11.6 Å². The Labute approximate surface area is 206 Å². The lowest BCUT2D eigenvalue weighted by molar-refractivity contribution is -0.122. The number of ether oxygens (including phenoxy) is 1. The molecular weight excluding hydrogens is 464 g/mol. The zero-order valence-electron chi connectivity index (χ0n) is 19.1. The summed E-state index contributed by atoms with van der Waals surface area (Å²) in [4.78, 5) is 26.2. The summed E-state index contributed by atoms with van der Waals surface area (Å²) in [7, 11) is 1.59. The third kappa shape index (κ3) is 4.50. The lowest BCUT2D eigenvalue weighted by Gasteiger charge is -2.11. The van der Waals surface area contributed by atoms with Crippen molar-refractivity contribution in [1.29, 1.82) is 0 Å². The van der Waals surface area contributed by atoms with Gasteiger partial charge in [0.2, 0.25) is 5.91 Å². The van der Waals surface area contributed by atoms with Crippen LogP contribution in [0, 0.1) is 0 Å². The number of amides is 1. The molecule has 35 heavy (non-hydrogen) atoms. The summed E-state index contributed by atoms with van der Waals surface area (Å²) in [6.07, 6.45) is 1.66. The van der Waals surface area contributed by atoms with Gasteiger partial charge in [0.15, 0.2) is 0 Å². The highest BCUT2D eigenvalue weighted by molar-refractivity contribution is 6.30. The van der Waals surface area contributed by atoms with Gasteiger partial charge in [0.1, 0.15) is 17.8 Å². The summed E-state index contributed by atoms with van der Waals surface area (Å²) in [6, 6.07) is 22.8. The predicted octanol–water partition coefficient (Wildman–Crippen LogP) is 4.38. The van der Waals surface area contributed by atoms with Crippen molar-refractivity contribution in [3.8, 4) is 5.75 Å². The van der Waals surface area contributed by atoms with Crippen LogP contribution in [0.3, 0.4) is 0 Å². The molecule has 0 saturated carbocycles. The van der Waals surface area contributed by atoms with E-state index in [0.29, 0.717) is 22.8 Å². The first-order chi connectivity index (χ1) is 17.0. The van der Waals surface area contributed by atoms with Gasteiger partial charge in [0, 0.05) is 40.0 Å². The molecule has 5 rings (SSSR count). The van der Waals surface area contributed by atoms with Crippen molar-refractivity contribution in [2.75, 3.05) is 7.11 Å². The lowest BCUT2D eigenvalue weighted by Crippen LogP contribution is -2.34. The minimum Gasteiger partial charge on any atom is -0.496 e. The molecule has 8 heteroatoms. The number of nitrogens with one attached hydrogen (secondary N) is 1. The van der Waals surface area contributed by atoms with E-state index in [0.717, 1.165) is 27.4 Å². The van der Waals surface area contributed by atoms with Crippen molar-refractivity contribution < 1.29 is 9.53 Å². The molecule has 0 bridgehead atoms. The van der Waals surface area contributed by atoms with Crippen LogP contribution in [-0.2, 0) is 24.4 Å². The maximum absolute atomic E-state index is 13.5. The van der Waals surface area contributed by atoms with Crippen LogP contribution in [0.5, 0.6) is 5.75 Å². The van der Waals surface area contributed by atoms with Crippen LogP contribution < -0.4 is 15.6 Å². The number of nitrogens with zero attached hydrogens (tertiary/aromatic N) is 3. The number of carbonyl (C=O) groups is 1. The van der Waals surface area contributed by atoms with Crippen LogP contribution in [0.25, 0.3) is 21.8 Å². The second kappa shape index (κ2) is 9.64. The fourth-order valence-corrected chi connectivity index (χ4v) is 4.40. The van der Waals surface area contributed by atoms with Gasteiger partial charge in [-0.25, -0.2) is 4.68 Å². The Morgan fingerprint density at radius 2 is 1.74 bits per heavy atom. The van der Waals surface area contributed by atoms with E-state index >= 15 is 0 Å². The summed E-state index contributed by atoms with van der Waals surface area (Å²) in [5.74, 6) is 0.376. The van der Waals surface area contributed by atoms with Gasteiger partial charge in [-0.3, -0.25) is 9.59 Å². The van der Waals surface area contributed by atoms with E-state index in [1.54, 1.807) is 13.3 Å². The fourth-order valence-electron chi connectivity index (χ4n) is 4.28. The molecule has 2 aromatic heterocycles. The van der Waals surface area contributed by atoms with E-state index in [2.05, 4.69) is 10.4 Å². The molecule has 0 aliphatic rings. The molecule has 3 aromatic carbocycles. The van der Waals surface area contributed by atoms with Gasteiger partial charge < -0.3 is 14.6 Å². The topological polar surface area (TPSA) is 78.2 Å². The van der Waals surface area contributed by atoms with Crippen LogP contribution in [0.1, 0.15) is 11.1 Å². The Kier molecular flexibility index (Phi) is 6.25. The van der Waals surface area contributed by atoms with E-state index in [-0.39, 0.29) is 24.6 Å². The Hall–Kier alpha value is -4.10. The zero-order chi connectivity index (χ0) is 24.4. The molecule has 0 fully saturated rings. The molecule has 0 aliphatic heterocycles. The molecule has 0 atom stereocenters. The van der Waals surface area contributed by atoms with Gasteiger partial charge in [-0.15, -0.1) is 0 Å². The molecule has 1 N–H and O–H groups in total. The first-order valence-electron chi connectivity index (χ1n) is 11.2. The third-order valence-corrected chi connectivity index (χ3v) is 6.24. The monoisotopic (exact) mass is 486 g/mol. The number of fused-ring (bicyclic) bond motifs is 3. The summed E-state index contributed by atoms with van der Waals surface area (Å²) in [6.45, 7) is 0.587. The number of carbonyl (C=O) groups excluding carboxylic acids is 1. The summed E-state index contributed by atoms with van der Waals surface area (Å²) >= 11 is 6.05. The number of halogens is 1. The summed E-state index contributed by atoms with van der Waals surface area (Å²) in [5.41, 5.74) is 2.97. The second-order valence-electron chi connectivity index (χ2n) is 8.19. The van der Waals surface area contributed by atoms with Crippen molar-refractivity contribution in [2.24, 2.45) is 0 Å². The lowest BCUT2D eigenvalue weighted by atomic mass is 10.2. The normalized spacial score (nSPS) is 11.1. The van der Waals surface area contributed by atoms with Crippen LogP contribution in [0.4, 0.5) is 0 Å². The molecule has 0 unspecified atom stereocenters. The minimum absolute atomic E-state index is 0.188. The van der Waals surface area contributed by atoms with E-state index in [9.17, 15) is 9.59 Å². The molecule has 0 aliphatic carbocycles. The van der Waals surface area contributed by atoms with E-state index in [1.807, 2.05) is 77.4 Å². The van der Waals surface area contributed by atoms with Crippen molar-refractivity contribution in [1.82, 2.24) is 19.7 Å². The second-order valence-corrected chi connectivity index (χ2v) is 8.62. The Morgan fingerprint density at radius 3 is 2.54 bits per heavy atom. The molecule has 1 amide bonds. The quantitative estimate of drug-likeness (QED) is 0.370. The third-order valence-electron chi connectivity index (χ3n) is 5.99. The van der Waals surface area contributed by atoms with E-state index in [4.69, 9.17) is 16.3 Å². The molecular formula is C27H23ClN4O3. The highest BCUT2D eigenvalue weighted by Gasteiger charge is 2.17. The maximum atomic E-state index is 13.5. The Bertz CT molecular complexity index is 1590. The van der Waals surface area contributed by atoms with Gasteiger partial charge in [0.25, 0.3) is 5.56 Å². The first kappa shape index (κ1) is 22.7. The maximum Gasteiger partial charge on any atom is 0.291 e. The molecule has 0 saturated heterocycles. The summed E-state index contributed by atoms with van der Waals surface area (Å²) < 4.78 is 8.51. The predicted molar refractivity (Wildman–Crippen MR) is 137 cm³/mol. The van der Waals surface area contributed by atoms with Crippen molar-refractivity contribution in [2.45, 2.75) is 19.6 Å². The van der Waals surface area contributed by atoms with Crippen molar-refractivity contribution in [3.63, 3.8) is 0 Å². The number of aromatic nitrogens is 3. The van der Waals surface area contributed by atoms with Crippen LogP contribution in [0.2, 0.25) is 5.02 Å². The average Bonchev–Trinajstić information content (AvgIpc) is 3.20. The first-order valence-corrected chi connectivity index (χ1v) is 11.5. The van der Waals surface area contributed by atoms with Gasteiger partial charge >= 0.3 is 0 Å². The largest absolute Gasteiger partial charge is 0.496 e. The van der Waals surface area contributed by atoms with Gasteiger partial charge in [-0.1, -0.05) is 60.1 Å². The van der Waals surface area contributed by atoms with Crippen molar-refractivity contribution >= 4 is 39.3 Å². The number of hydrogen-bond donors (Lipinski definition) is 1. The molecule has 5 aromatic rings. The van der Waals surface area contributed by atoms with Gasteiger partial charge in [-0.2, -0.15) is 5.10 Å². The Balaban J connectivity index is 1.48. The number of methoxy groups -OCH3 is 1. The molecule has 0 radical (unpaired) electrons. The molecule has 2 heterocycles. The highest BCUT2D eigenvalue weighted by Crippen LogP contribution is 2.27. The van der Waals surface area contributed by atoms with E-state index < -0.39 is 0 Å². The standard InChI is InChI=1S/C27H23ClN4O3/c1-35-24-9-5-2-6-19(24)14-29-25(33)17-32-27(34)26-22(15-30-32)21-7-3-4-8-23(21)31(26)16-18-10-12-20(28)13-11-18/h2-13,15H,14,16-17H2,1H3,(H,29,33). The number of rotatable bonds is 7. The Morgan fingerprint density at radius 1 is 1.00 bits per heavy atom. The smallest absolute Gasteiger partial charge is 0.291 e. The number of benzene rings is 3. The molecule has 0 spiro atoms. The van der Waals surface area contributed by atoms with Crippen LogP contribution in [-0.4, -0.2) is 27.4 Å². The van der Waals surface area contributed by atoms with Gasteiger partial charge in [0.05, 0.1) is 13.3 Å². The van der Waals surface area contributed by atoms with Crippen molar-refractivity contribution in [3.05, 3.63) is 105 Å². The molecule has 176 valence electrons. The number of hydrogen-bond acceptors (Lipinski definition) is 4. The van der Waals surface area contributed by atoms with E-state index in [1.165, 1.54) is 4.68 Å². The molecule has 7 nitrogen and oxygen atoms in total. The SMILES string of the molecule is COc1ccccc1CNC(=O)Cn1ncc2c3ccccc3n(Cc3ccc(Cl)cc3)c2c1=O. The fraction of sp³-hybridized carbons (Fsp3) is 0.148. The number of para-hydroxylation sites is 2. The highest BCUT2D eigenvalue weighted by atomic mass is 35.5. The van der Waals surface area contributed by atoms with Gasteiger partial charge in [-0.05, 0) is 29.8 Å². The zero-order valence-corrected chi connectivity index (χ0v) is 19.8. The van der Waals surface area contributed by atoms with Crippen LogP contribution in [0.15, 0.2) is 83.8 Å².